The number of rotatable bonds is 18. The first-order valence-corrected chi connectivity index (χ1v) is 23.1. The molecule has 17 atom stereocenters. The van der Waals surface area contributed by atoms with Crippen LogP contribution < -0.4 is 0 Å². The lowest BCUT2D eigenvalue weighted by atomic mass is 9.96. The lowest BCUT2D eigenvalue weighted by Gasteiger charge is -2.49. The number of phenolic OH excluding ortho intramolecular Hbond substituents is 6. The van der Waals surface area contributed by atoms with Crippen LogP contribution in [0, 0.1) is 0 Å². The Balaban J connectivity index is 1.23. The van der Waals surface area contributed by atoms with Gasteiger partial charge in [0.05, 0.1) is 32.5 Å². The van der Waals surface area contributed by atoms with Crippen molar-refractivity contribution in [2.24, 2.45) is 0 Å². The van der Waals surface area contributed by atoms with Gasteiger partial charge in [0.1, 0.15) is 73.8 Å². The number of aliphatic hydroxyl groups excluding tert-OH is 8. The van der Waals surface area contributed by atoms with Gasteiger partial charge in [-0.3, -0.25) is 0 Å². The van der Waals surface area contributed by atoms with Gasteiger partial charge in [-0.2, -0.15) is 0 Å². The molecule has 74 heavy (non-hydrogen) atoms. The second-order valence-electron chi connectivity index (χ2n) is 17.6. The van der Waals surface area contributed by atoms with E-state index in [-0.39, 0.29) is 30.6 Å². The molecular weight excluding hydrogens is 993 g/mol. The van der Waals surface area contributed by atoms with Crippen molar-refractivity contribution in [3.63, 3.8) is 0 Å². The van der Waals surface area contributed by atoms with Crippen LogP contribution in [0.5, 0.6) is 34.5 Å². The highest BCUT2D eigenvalue weighted by Crippen LogP contribution is 2.36. The molecule has 4 saturated heterocycles. The molecule has 26 heteroatoms. The predicted octanol–water partition coefficient (Wildman–Crippen LogP) is -2.41. The molecule has 0 bridgehead atoms. The maximum Gasteiger partial charge on any atom is 0.331 e. The van der Waals surface area contributed by atoms with E-state index in [1.54, 1.807) is 0 Å². The third kappa shape index (κ3) is 14.1. The molecule has 0 saturated carbocycles. The molecule has 14 N–H and O–H groups in total. The molecular formula is C48H58O26. The largest absolute Gasteiger partial charge is 0.504 e. The van der Waals surface area contributed by atoms with E-state index >= 15 is 0 Å². The minimum absolute atomic E-state index is 0.0256. The fraction of sp³-hybridized carbons (Fsp3) is 0.500. The van der Waals surface area contributed by atoms with Crippen molar-refractivity contribution in [3.8, 4) is 34.5 Å². The van der Waals surface area contributed by atoms with Gasteiger partial charge in [0.2, 0.25) is 0 Å². The van der Waals surface area contributed by atoms with Crippen molar-refractivity contribution in [3.05, 3.63) is 83.4 Å². The molecule has 26 nitrogen and oxygen atoms in total. The van der Waals surface area contributed by atoms with Crippen LogP contribution in [0.2, 0.25) is 0 Å². The summed E-state index contributed by atoms with van der Waals surface area (Å²) in [6, 6.07) is 11.3. The van der Waals surface area contributed by atoms with Crippen LogP contribution in [0.15, 0.2) is 66.7 Å². The van der Waals surface area contributed by atoms with Gasteiger partial charge in [-0.25, -0.2) is 9.59 Å². The summed E-state index contributed by atoms with van der Waals surface area (Å²) >= 11 is 0. The van der Waals surface area contributed by atoms with E-state index < -0.39 is 177 Å². The van der Waals surface area contributed by atoms with Gasteiger partial charge in [0.25, 0.3) is 0 Å². The quantitative estimate of drug-likeness (QED) is 0.0358. The molecule has 0 unspecified atom stereocenters. The Bertz CT molecular complexity index is 2420. The molecule has 0 amide bonds. The van der Waals surface area contributed by atoms with E-state index in [2.05, 4.69) is 0 Å². The summed E-state index contributed by atoms with van der Waals surface area (Å²) in [5.41, 5.74) is 0.937. The minimum atomic E-state index is -2.14. The normalized spacial score (nSPS) is 33.6. The third-order valence-electron chi connectivity index (χ3n) is 12.2. The van der Waals surface area contributed by atoms with Crippen LogP contribution in [-0.4, -0.2) is 221 Å². The second-order valence-corrected chi connectivity index (χ2v) is 17.6. The van der Waals surface area contributed by atoms with Crippen molar-refractivity contribution in [1.82, 2.24) is 0 Å². The number of ether oxygens (including phenoxy) is 10. The first kappa shape index (κ1) is 56.0. The van der Waals surface area contributed by atoms with E-state index in [1.165, 1.54) is 48.6 Å². The number of hydrogen-bond donors (Lipinski definition) is 14. The topological polar surface area (TPSA) is 410 Å². The van der Waals surface area contributed by atoms with E-state index in [9.17, 15) is 81.1 Å². The van der Waals surface area contributed by atoms with Crippen LogP contribution >= 0.6 is 0 Å². The number of carbonyl (C=O) groups is 2. The lowest BCUT2D eigenvalue weighted by Crippen LogP contribution is -2.67. The summed E-state index contributed by atoms with van der Waals surface area (Å²) in [7, 11) is 0. The molecule has 4 aliphatic heterocycles. The van der Waals surface area contributed by atoms with Gasteiger partial charge in [0, 0.05) is 18.6 Å². The Kier molecular flexibility index (Phi) is 19.0. The average Bonchev–Trinajstić information content (AvgIpc) is 3.37. The Morgan fingerprint density at radius 1 is 0.527 bits per heavy atom. The van der Waals surface area contributed by atoms with E-state index in [0.29, 0.717) is 5.56 Å². The fourth-order valence-corrected chi connectivity index (χ4v) is 8.05. The Labute approximate surface area is 420 Å². The summed E-state index contributed by atoms with van der Waals surface area (Å²) in [6.07, 6.45) is -25.6. The zero-order valence-corrected chi connectivity index (χ0v) is 38.9. The molecule has 3 aromatic carbocycles. The first-order chi connectivity index (χ1) is 35.3. The molecule has 0 radical (unpaired) electrons. The first-order valence-electron chi connectivity index (χ1n) is 23.1. The maximum atomic E-state index is 13.9. The zero-order chi connectivity index (χ0) is 53.4. The summed E-state index contributed by atoms with van der Waals surface area (Å²) in [5, 5.41) is 145. The Morgan fingerprint density at radius 3 is 1.76 bits per heavy atom. The monoisotopic (exact) mass is 1050 g/mol. The molecule has 0 aliphatic carbocycles. The number of esters is 2. The standard InChI is InChI=1S/C48H58O26/c49-24-6-1-21(13-27(24)52)4-9-35(58)66-19-33-39(61)40(62)42(64)47(70-33)74-44-43(72-36(59)10-5-22-2-7-25(50)28(53)14-22)34(20-69-46-41(63)38(60)32(57)18-68-46)71-48(45(44)73-37-16-30(55)31(56)17-67-37)65-12-11-23-3-8-26(51)29(54)15-23/h1-10,13-15,30-34,37-57,60-64H,11-12,16-20H2/b9-4+,10-5+/t30-,31+,32-,33-,34-,37+,38+,39-,40+,41-,42-,43-,44+,45-,46+,47+,48-/m1/s1. The van der Waals surface area contributed by atoms with Gasteiger partial charge in [0.15, 0.2) is 65.8 Å². The van der Waals surface area contributed by atoms with Gasteiger partial charge in [-0.05, 0) is 71.7 Å². The van der Waals surface area contributed by atoms with Crippen molar-refractivity contribution in [2.45, 2.75) is 117 Å². The van der Waals surface area contributed by atoms with Crippen molar-refractivity contribution in [2.75, 3.05) is 33.0 Å². The summed E-state index contributed by atoms with van der Waals surface area (Å²) in [5.74, 6) is -4.86. The van der Waals surface area contributed by atoms with Gasteiger partial charge >= 0.3 is 11.9 Å². The highest BCUT2D eigenvalue weighted by molar-refractivity contribution is 5.88. The number of carbonyl (C=O) groups excluding carboxylic acids is 2. The average molecular weight is 1050 g/mol. The summed E-state index contributed by atoms with van der Waals surface area (Å²) < 4.78 is 59.5. The van der Waals surface area contributed by atoms with Crippen LogP contribution in [0.4, 0.5) is 0 Å². The van der Waals surface area contributed by atoms with E-state index in [0.717, 1.165) is 30.4 Å². The summed E-state index contributed by atoms with van der Waals surface area (Å²) in [4.78, 5) is 26.7. The third-order valence-corrected chi connectivity index (χ3v) is 12.2. The molecule has 0 aromatic heterocycles. The Hall–Kier alpha value is -5.76. The summed E-state index contributed by atoms with van der Waals surface area (Å²) in [6.45, 7) is -2.72. The molecule has 406 valence electrons. The van der Waals surface area contributed by atoms with Gasteiger partial charge in [-0.1, -0.05) is 18.2 Å². The van der Waals surface area contributed by atoms with Crippen LogP contribution in [-0.2, 0) is 63.4 Å². The van der Waals surface area contributed by atoms with Gasteiger partial charge < -0.3 is 119 Å². The van der Waals surface area contributed by atoms with Crippen molar-refractivity contribution >= 4 is 24.1 Å². The zero-order valence-electron chi connectivity index (χ0n) is 38.9. The van der Waals surface area contributed by atoms with E-state index in [1.807, 2.05) is 0 Å². The van der Waals surface area contributed by atoms with Crippen molar-refractivity contribution in [1.29, 1.82) is 0 Å². The van der Waals surface area contributed by atoms with Gasteiger partial charge in [-0.15, -0.1) is 0 Å². The highest BCUT2D eigenvalue weighted by atomic mass is 16.8. The van der Waals surface area contributed by atoms with E-state index in [4.69, 9.17) is 47.4 Å². The molecule has 4 heterocycles. The maximum absolute atomic E-state index is 13.9. The molecule has 3 aromatic rings. The van der Waals surface area contributed by atoms with Crippen LogP contribution in [0.3, 0.4) is 0 Å². The smallest absolute Gasteiger partial charge is 0.331 e. The number of benzene rings is 3. The number of hydrogen-bond acceptors (Lipinski definition) is 26. The SMILES string of the molecule is O=C(/C=C/c1ccc(O)c(O)c1)OC[C@H]1O[C@@H](O[C@@H]2[C@@H](O[C@H]3C[C@@H](O)[C@@H](O)CO3)[C@H](OCCc3ccc(O)c(O)c3)O[C@H](CO[C@@H]3OC[C@@H](O)[C@H](O)[C@H]3O)[C@H]2OC(=O)/C=C/c2ccc(O)c(O)c2)[C@H](O)[C@@H](O)[C@@H]1O. The Morgan fingerprint density at radius 2 is 1.12 bits per heavy atom. The fourth-order valence-electron chi connectivity index (χ4n) is 8.05. The molecule has 7 rings (SSSR count). The van der Waals surface area contributed by atoms with Crippen LogP contribution in [0.1, 0.15) is 23.1 Å². The number of aliphatic hydroxyl groups is 8. The number of aromatic hydroxyl groups is 6. The predicted molar refractivity (Wildman–Crippen MR) is 243 cm³/mol. The molecule has 4 fully saturated rings. The lowest BCUT2D eigenvalue weighted by molar-refractivity contribution is -0.383. The molecule has 0 spiro atoms. The number of phenols is 6. The molecule has 4 aliphatic rings. The second kappa shape index (κ2) is 25.2. The highest BCUT2D eigenvalue weighted by Gasteiger charge is 2.55. The minimum Gasteiger partial charge on any atom is -0.504 e. The van der Waals surface area contributed by atoms with Crippen LogP contribution in [0.25, 0.3) is 12.2 Å². The van der Waals surface area contributed by atoms with Crippen molar-refractivity contribution < 1.29 is 128 Å².